The van der Waals surface area contributed by atoms with E-state index < -0.39 is 33.9 Å². The molecule has 0 saturated carbocycles. The van der Waals surface area contributed by atoms with Gasteiger partial charge in [-0.05, 0) is 24.9 Å². The maximum Gasteiger partial charge on any atom is 0.564 e. The normalized spacial score (nSPS) is 14.5. The summed E-state index contributed by atoms with van der Waals surface area (Å²) >= 11 is 16.3. The molecule has 1 atom stereocenters. The van der Waals surface area contributed by atoms with Crippen molar-refractivity contribution in [1.82, 2.24) is 9.95 Å². The van der Waals surface area contributed by atoms with E-state index in [4.69, 9.17) is 34.8 Å². The van der Waals surface area contributed by atoms with E-state index in [1.54, 1.807) is 30.3 Å². The largest absolute Gasteiger partial charge is 0.564 e. The second kappa shape index (κ2) is 9.64. The summed E-state index contributed by atoms with van der Waals surface area (Å²) < 4.78 is 65.3. The van der Waals surface area contributed by atoms with Crippen LogP contribution >= 0.6 is 34.8 Å². The van der Waals surface area contributed by atoms with E-state index in [9.17, 15) is 21.4 Å². The fourth-order valence-corrected chi connectivity index (χ4v) is 3.26. The van der Waals surface area contributed by atoms with Gasteiger partial charge >= 0.3 is 17.4 Å². The molecule has 0 heterocycles. The SMILES string of the molecule is O=S(=O)(NC(CCCN[B-](F)(F)F)c1ccccc1)OCC(Cl)(Cl)Cl. The smallest absolute Gasteiger partial charge is 0.434 e. The molecule has 1 unspecified atom stereocenters. The molecule has 1 aromatic rings. The minimum absolute atomic E-state index is 0.0772. The predicted molar refractivity (Wildman–Crippen MR) is 93.8 cm³/mol. The van der Waals surface area contributed by atoms with Crippen molar-refractivity contribution in [2.24, 2.45) is 0 Å². The van der Waals surface area contributed by atoms with E-state index in [0.717, 1.165) is 0 Å². The first kappa shape index (κ1) is 22.8. The van der Waals surface area contributed by atoms with Gasteiger partial charge in [-0.15, -0.1) is 0 Å². The van der Waals surface area contributed by atoms with Crippen LogP contribution in [0.5, 0.6) is 0 Å². The zero-order valence-corrected chi connectivity index (χ0v) is 15.9. The van der Waals surface area contributed by atoms with Crippen molar-refractivity contribution in [1.29, 1.82) is 0 Å². The number of halogens is 6. The van der Waals surface area contributed by atoms with Crippen molar-refractivity contribution in [2.45, 2.75) is 22.7 Å². The number of hydrogen-bond acceptors (Lipinski definition) is 4. The Labute approximate surface area is 159 Å². The lowest BCUT2D eigenvalue weighted by Crippen LogP contribution is -2.39. The molecule has 0 saturated heterocycles. The molecule has 25 heavy (non-hydrogen) atoms. The third-order valence-corrected chi connectivity index (χ3v) is 4.24. The fourth-order valence-electron chi connectivity index (χ4n) is 1.90. The molecule has 0 fully saturated rings. The zero-order valence-electron chi connectivity index (χ0n) is 12.8. The van der Waals surface area contributed by atoms with Crippen LogP contribution in [0.2, 0.25) is 0 Å². The summed E-state index contributed by atoms with van der Waals surface area (Å²) in [6.45, 7) is -1.03. The summed E-state index contributed by atoms with van der Waals surface area (Å²) in [5.41, 5.74) is 0.570. The Morgan fingerprint density at radius 2 is 1.76 bits per heavy atom. The first-order valence-corrected chi connectivity index (χ1v) is 9.65. The van der Waals surface area contributed by atoms with Gasteiger partial charge in [-0.1, -0.05) is 65.1 Å². The second-order valence-electron chi connectivity index (χ2n) is 5.08. The van der Waals surface area contributed by atoms with Gasteiger partial charge in [0.2, 0.25) is 3.79 Å². The summed E-state index contributed by atoms with van der Waals surface area (Å²) in [6, 6.07) is 7.57. The van der Waals surface area contributed by atoms with Gasteiger partial charge < -0.3 is 18.2 Å². The zero-order chi connectivity index (χ0) is 19.1. The van der Waals surface area contributed by atoms with E-state index in [2.05, 4.69) is 8.91 Å². The van der Waals surface area contributed by atoms with Crippen LogP contribution in [0, 0.1) is 0 Å². The molecular formula is C12H16BCl3F3N2O3S-. The standard InChI is InChI=1S/C12H16BCl3F3N2O3S/c14-12(15,16)9-24-25(22,23)21-11(10-5-2-1-3-6-10)7-4-8-20-13(17,18)19/h1-3,5-6,11,20-21H,4,7-9H2/q-1. The minimum atomic E-state index is -5.10. The summed E-state index contributed by atoms with van der Waals surface area (Å²) in [5, 5.41) is 1.44. The third-order valence-electron chi connectivity index (χ3n) is 2.91. The molecule has 1 aromatic carbocycles. The lowest BCUT2D eigenvalue weighted by Gasteiger charge is -2.21. The molecule has 144 valence electrons. The van der Waals surface area contributed by atoms with Crippen molar-refractivity contribution >= 4 is 52.2 Å². The van der Waals surface area contributed by atoms with E-state index >= 15 is 0 Å². The Bertz CT molecular complexity index is 630. The van der Waals surface area contributed by atoms with Crippen LogP contribution in [0.3, 0.4) is 0 Å². The molecule has 2 N–H and O–H groups in total. The van der Waals surface area contributed by atoms with Gasteiger partial charge in [0.05, 0.1) is 0 Å². The molecule has 0 aliphatic carbocycles. The summed E-state index contributed by atoms with van der Waals surface area (Å²) in [4.78, 5) is 0. The Morgan fingerprint density at radius 1 is 1.16 bits per heavy atom. The quantitative estimate of drug-likeness (QED) is 0.330. The van der Waals surface area contributed by atoms with Crippen LogP contribution in [-0.2, 0) is 14.5 Å². The Balaban J connectivity index is 2.72. The van der Waals surface area contributed by atoms with Crippen molar-refractivity contribution in [3.05, 3.63) is 35.9 Å². The predicted octanol–water partition coefficient (Wildman–Crippen LogP) is 3.66. The highest BCUT2D eigenvalue weighted by atomic mass is 35.6. The number of rotatable bonds is 10. The van der Waals surface area contributed by atoms with Crippen LogP contribution < -0.4 is 9.95 Å². The molecule has 0 aromatic heterocycles. The van der Waals surface area contributed by atoms with Gasteiger partial charge in [-0.3, -0.25) is 4.18 Å². The summed E-state index contributed by atoms with van der Waals surface area (Å²) in [7, 11) is -9.37. The molecule has 0 radical (unpaired) electrons. The van der Waals surface area contributed by atoms with E-state index in [1.165, 1.54) is 5.23 Å². The minimum Gasteiger partial charge on any atom is -0.434 e. The lowest BCUT2D eigenvalue weighted by molar-refractivity contribution is 0.312. The molecule has 0 aliphatic heterocycles. The second-order valence-corrected chi connectivity index (χ2v) is 8.98. The number of nitrogens with one attached hydrogen (secondary N) is 2. The molecular weight excluding hydrogens is 426 g/mol. The Morgan fingerprint density at radius 3 is 2.28 bits per heavy atom. The highest BCUT2D eigenvalue weighted by Crippen LogP contribution is 2.27. The van der Waals surface area contributed by atoms with Crippen LogP contribution in [0.25, 0.3) is 0 Å². The van der Waals surface area contributed by atoms with E-state index in [1.807, 2.05) is 0 Å². The summed E-state index contributed by atoms with van der Waals surface area (Å²) in [6.07, 6.45) is 0.188. The summed E-state index contributed by atoms with van der Waals surface area (Å²) in [5.74, 6) is 0. The first-order valence-electron chi connectivity index (χ1n) is 7.11. The van der Waals surface area contributed by atoms with Crippen LogP contribution in [-0.4, -0.2) is 32.5 Å². The molecule has 0 aliphatic rings. The van der Waals surface area contributed by atoms with Gasteiger partial charge in [0.25, 0.3) is 0 Å². The van der Waals surface area contributed by atoms with Gasteiger partial charge in [-0.25, -0.2) is 0 Å². The van der Waals surface area contributed by atoms with Crippen molar-refractivity contribution in [2.75, 3.05) is 13.2 Å². The Hall–Kier alpha value is -0.225. The van der Waals surface area contributed by atoms with Gasteiger partial charge in [0, 0.05) is 6.04 Å². The van der Waals surface area contributed by atoms with Crippen molar-refractivity contribution in [3.8, 4) is 0 Å². The lowest BCUT2D eigenvalue weighted by atomic mass is 10.0. The van der Waals surface area contributed by atoms with Gasteiger partial charge in [0.1, 0.15) is 6.61 Å². The highest BCUT2D eigenvalue weighted by Gasteiger charge is 2.27. The molecule has 0 amide bonds. The van der Waals surface area contributed by atoms with Crippen LogP contribution in [0.4, 0.5) is 12.9 Å². The number of hydrogen-bond donors (Lipinski definition) is 2. The van der Waals surface area contributed by atoms with E-state index in [-0.39, 0.29) is 19.4 Å². The van der Waals surface area contributed by atoms with E-state index in [0.29, 0.717) is 5.56 Å². The maximum absolute atomic E-state index is 12.2. The molecule has 0 bridgehead atoms. The van der Waals surface area contributed by atoms with Crippen LogP contribution in [0.1, 0.15) is 24.4 Å². The van der Waals surface area contributed by atoms with Crippen LogP contribution in [0.15, 0.2) is 30.3 Å². The van der Waals surface area contributed by atoms with Gasteiger partial charge in [-0.2, -0.15) is 13.1 Å². The molecule has 0 spiro atoms. The third kappa shape index (κ3) is 11.2. The molecule has 13 heteroatoms. The number of benzene rings is 1. The fraction of sp³-hybridized carbons (Fsp3) is 0.500. The molecule has 1 rings (SSSR count). The number of alkyl halides is 3. The maximum atomic E-state index is 12.2. The first-order chi connectivity index (χ1) is 11.4. The Kier molecular flexibility index (Phi) is 8.79. The topological polar surface area (TPSA) is 67.4 Å². The highest BCUT2D eigenvalue weighted by molar-refractivity contribution is 7.84. The molecule has 5 nitrogen and oxygen atoms in total. The average Bonchev–Trinajstić information content (AvgIpc) is 2.48. The van der Waals surface area contributed by atoms with Gasteiger partial charge in [0.15, 0.2) is 0 Å². The van der Waals surface area contributed by atoms with Crippen molar-refractivity contribution < 1.29 is 25.5 Å². The average molecular weight is 443 g/mol. The monoisotopic (exact) mass is 441 g/mol. The van der Waals surface area contributed by atoms with Crippen molar-refractivity contribution in [3.63, 3.8) is 0 Å².